The molecule has 1 amide bonds. The first-order valence-corrected chi connectivity index (χ1v) is 8.50. The van der Waals surface area contributed by atoms with Crippen molar-refractivity contribution in [3.05, 3.63) is 36.0 Å². The Balaban J connectivity index is 1.70. The van der Waals surface area contributed by atoms with Crippen LogP contribution in [0.15, 0.2) is 30.5 Å². The molecule has 0 bridgehead atoms. The average molecular weight is 311 g/mol. The summed E-state index contributed by atoms with van der Waals surface area (Å²) >= 11 is 0. The number of aryl methyl sites for hydroxylation is 1. The second kappa shape index (κ2) is 6.99. The number of nitrogens with one attached hydrogen (secondary N) is 1. The van der Waals surface area contributed by atoms with Crippen molar-refractivity contribution in [3.63, 3.8) is 0 Å². The molecule has 1 heterocycles. The maximum absolute atomic E-state index is 12.5. The number of anilines is 1. The van der Waals surface area contributed by atoms with Crippen LogP contribution in [0.3, 0.4) is 0 Å². The molecule has 1 saturated carbocycles. The number of benzene rings is 1. The Hall–Kier alpha value is -2.10. The van der Waals surface area contributed by atoms with Crippen LogP contribution < -0.4 is 5.32 Å². The molecule has 1 N–H and O–H groups in total. The van der Waals surface area contributed by atoms with Gasteiger partial charge in [0.25, 0.3) is 0 Å². The maximum atomic E-state index is 12.5. The highest BCUT2D eigenvalue weighted by molar-refractivity contribution is 5.94. The molecule has 2 aromatic rings. The SMILES string of the molecule is Cc1cnc2ccccc2c1NCC(=O)N(C)C1CCCCC1. The summed E-state index contributed by atoms with van der Waals surface area (Å²) in [6, 6.07) is 8.44. The van der Waals surface area contributed by atoms with Crippen molar-refractivity contribution in [1.82, 2.24) is 9.88 Å². The molecule has 0 aliphatic heterocycles. The van der Waals surface area contributed by atoms with Gasteiger partial charge in [-0.25, -0.2) is 0 Å². The summed E-state index contributed by atoms with van der Waals surface area (Å²) in [6.45, 7) is 2.36. The lowest BCUT2D eigenvalue weighted by atomic mass is 9.94. The third-order valence-electron chi connectivity index (χ3n) is 4.90. The summed E-state index contributed by atoms with van der Waals surface area (Å²) in [7, 11) is 1.94. The van der Waals surface area contributed by atoms with Gasteiger partial charge in [0.1, 0.15) is 0 Å². The number of pyridine rings is 1. The molecule has 0 saturated heterocycles. The van der Waals surface area contributed by atoms with E-state index in [1.54, 1.807) is 0 Å². The van der Waals surface area contributed by atoms with Gasteiger partial charge in [0.2, 0.25) is 5.91 Å². The number of amides is 1. The fourth-order valence-electron chi connectivity index (χ4n) is 3.44. The molecule has 0 spiro atoms. The second-order valence-corrected chi connectivity index (χ2v) is 6.48. The van der Waals surface area contributed by atoms with E-state index < -0.39 is 0 Å². The van der Waals surface area contributed by atoms with E-state index in [4.69, 9.17) is 0 Å². The quantitative estimate of drug-likeness (QED) is 0.935. The Kier molecular flexibility index (Phi) is 4.79. The van der Waals surface area contributed by atoms with Gasteiger partial charge in [0.15, 0.2) is 0 Å². The second-order valence-electron chi connectivity index (χ2n) is 6.48. The van der Waals surface area contributed by atoms with Crippen LogP contribution in [0.4, 0.5) is 5.69 Å². The number of hydrogen-bond acceptors (Lipinski definition) is 3. The van der Waals surface area contributed by atoms with Gasteiger partial charge in [-0.2, -0.15) is 0 Å². The summed E-state index contributed by atoms with van der Waals surface area (Å²) in [5.41, 5.74) is 3.03. The minimum absolute atomic E-state index is 0.164. The minimum atomic E-state index is 0.164. The summed E-state index contributed by atoms with van der Waals surface area (Å²) < 4.78 is 0. The summed E-state index contributed by atoms with van der Waals surface area (Å²) in [5, 5.41) is 4.41. The number of likely N-dealkylation sites (N-methyl/N-ethyl adjacent to an activating group) is 1. The van der Waals surface area contributed by atoms with Gasteiger partial charge in [0.05, 0.1) is 12.1 Å². The number of nitrogens with zero attached hydrogens (tertiary/aromatic N) is 2. The van der Waals surface area contributed by atoms with Crippen molar-refractivity contribution >= 4 is 22.5 Å². The van der Waals surface area contributed by atoms with Crippen molar-refractivity contribution < 1.29 is 4.79 Å². The molecule has 1 aliphatic carbocycles. The van der Waals surface area contributed by atoms with E-state index in [2.05, 4.69) is 10.3 Å². The molecule has 0 radical (unpaired) electrons. The number of aromatic nitrogens is 1. The molecule has 23 heavy (non-hydrogen) atoms. The van der Waals surface area contributed by atoms with Crippen molar-refractivity contribution in [2.24, 2.45) is 0 Å². The van der Waals surface area contributed by atoms with Crippen LogP contribution in [0, 0.1) is 6.92 Å². The van der Waals surface area contributed by atoms with Crippen LogP contribution in [0.25, 0.3) is 10.9 Å². The molecule has 0 atom stereocenters. The Morgan fingerprint density at radius 3 is 2.78 bits per heavy atom. The van der Waals surface area contributed by atoms with Gasteiger partial charge in [-0.1, -0.05) is 37.5 Å². The molecule has 0 unspecified atom stereocenters. The Bertz CT molecular complexity index is 692. The largest absolute Gasteiger partial charge is 0.375 e. The van der Waals surface area contributed by atoms with Crippen molar-refractivity contribution in [2.75, 3.05) is 18.9 Å². The highest BCUT2D eigenvalue weighted by Crippen LogP contribution is 2.25. The smallest absolute Gasteiger partial charge is 0.241 e. The lowest BCUT2D eigenvalue weighted by Crippen LogP contribution is -2.41. The van der Waals surface area contributed by atoms with Gasteiger partial charge in [-0.3, -0.25) is 9.78 Å². The predicted molar refractivity (Wildman–Crippen MR) is 94.6 cm³/mol. The van der Waals surface area contributed by atoms with Crippen LogP contribution >= 0.6 is 0 Å². The van der Waals surface area contributed by atoms with Crippen molar-refractivity contribution in [2.45, 2.75) is 45.1 Å². The molecule has 4 nitrogen and oxygen atoms in total. The van der Waals surface area contributed by atoms with E-state index in [1.807, 2.05) is 49.3 Å². The summed E-state index contributed by atoms with van der Waals surface area (Å²) in [6.07, 6.45) is 7.92. The lowest BCUT2D eigenvalue weighted by molar-refractivity contribution is -0.130. The van der Waals surface area contributed by atoms with Crippen LogP contribution in [0.5, 0.6) is 0 Å². The van der Waals surface area contributed by atoms with Gasteiger partial charge in [-0.15, -0.1) is 0 Å². The van der Waals surface area contributed by atoms with E-state index in [9.17, 15) is 4.79 Å². The summed E-state index contributed by atoms with van der Waals surface area (Å²) in [4.78, 5) is 18.9. The van der Waals surface area contributed by atoms with Crippen molar-refractivity contribution in [3.8, 4) is 0 Å². The molecule has 3 rings (SSSR count). The number of carbonyl (C=O) groups excluding carboxylic acids is 1. The minimum Gasteiger partial charge on any atom is -0.375 e. The molecule has 4 heteroatoms. The fourth-order valence-corrected chi connectivity index (χ4v) is 3.44. The highest BCUT2D eigenvalue weighted by atomic mass is 16.2. The van der Waals surface area contributed by atoms with Gasteiger partial charge in [-0.05, 0) is 31.4 Å². The first-order valence-electron chi connectivity index (χ1n) is 8.50. The zero-order valence-corrected chi connectivity index (χ0v) is 14.0. The molecular formula is C19H25N3O. The van der Waals surface area contributed by atoms with Crippen LogP contribution in [0.2, 0.25) is 0 Å². The zero-order valence-electron chi connectivity index (χ0n) is 14.0. The zero-order chi connectivity index (χ0) is 16.2. The Morgan fingerprint density at radius 2 is 2.00 bits per heavy atom. The number of fused-ring (bicyclic) bond motifs is 1. The van der Waals surface area contributed by atoms with E-state index in [0.717, 1.165) is 35.0 Å². The molecular weight excluding hydrogens is 286 g/mol. The van der Waals surface area contributed by atoms with Crippen LogP contribution in [-0.4, -0.2) is 35.4 Å². The lowest BCUT2D eigenvalue weighted by Gasteiger charge is -2.31. The van der Waals surface area contributed by atoms with E-state index in [-0.39, 0.29) is 5.91 Å². The number of para-hydroxylation sites is 1. The van der Waals surface area contributed by atoms with E-state index in [1.165, 1.54) is 19.3 Å². The van der Waals surface area contributed by atoms with Crippen LogP contribution in [-0.2, 0) is 4.79 Å². The maximum Gasteiger partial charge on any atom is 0.241 e. The third-order valence-corrected chi connectivity index (χ3v) is 4.90. The fraction of sp³-hybridized carbons (Fsp3) is 0.474. The topological polar surface area (TPSA) is 45.2 Å². The molecule has 1 aromatic carbocycles. The Labute approximate surface area is 137 Å². The Morgan fingerprint density at radius 1 is 1.26 bits per heavy atom. The van der Waals surface area contributed by atoms with E-state index >= 15 is 0 Å². The molecule has 1 aliphatic rings. The van der Waals surface area contributed by atoms with Gasteiger partial charge >= 0.3 is 0 Å². The van der Waals surface area contributed by atoms with Gasteiger partial charge in [0, 0.05) is 30.4 Å². The molecule has 122 valence electrons. The first kappa shape index (κ1) is 15.8. The molecule has 1 aromatic heterocycles. The van der Waals surface area contributed by atoms with Gasteiger partial charge < -0.3 is 10.2 Å². The normalized spacial score (nSPS) is 15.6. The monoisotopic (exact) mass is 311 g/mol. The highest BCUT2D eigenvalue weighted by Gasteiger charge is 2.21. The number of hydrogen-bond donors (Lipinski definition) is 1. The average Bonchev–Trinajstić information content (AvgIpc) is 2.60. The first-order chi connectivity index (χ1) is 11.2. The predicted octanol–water partition coefficient (Wildman–Crippen LogP) is 3.75. The summed E-state index contributed by atoms with van der Waals surface area (Å²) in [5.74, 6) is 0.164. The van der Waals surface area contributed by atoms with Crippen LogP contribution in [0.1, 0.15) is 37.7 Å². The van der Waals surface area contributed by atoms with E-state index in [0.29, 0.717) is 12.6 Å². The standard InChI is InChI=1S/C19H25N3O/c1-14-12-20-17-11-7-6-10-16(17)19(14)21-13-18(23)22(2)15-8-4-3-5-9-15/h6-7,10-12,15H,3-5,8-9,13H2,1-2H3,(H,20,21). The third kappa shape index (κ3) is 3.46. The molecule has 1 fully saturated rings. The number of rotatable bonds is 4. The number of carbonyl (C=O) groups is 1. The van der Waals surface area contributed by atoms with Crippen molar-refractivity contribution in [1.29, 1.82) is 0 Å².